The summed E-state index contributed by atoms with van der Waals surface area (Å²) in [5, 5.41) is 13.8. The van der Waals surface area contributed by atoms with E-state index in [0.29, 0.717) is 17.0 Å². The van der Waals surface area contributed by atoms with Gasteiger partial charge in [0.1, 0.15) is 5.82 Å². The third kappa shape index (κ3) is 5.24. The second-order valence-corrected chi connectivity index (χ2v) is 9.46. The number of rotatable bonds is 6. The van der Waals surface area contributed by atoms with Crippen LogP contribution in [0.3, 0.4) is 0 Å². The van der Waals surface area contributed by atoms with Crippen molar-refractivity contribution in [2.24, 2.45) is 0 Å². The molecule has 9 heteroatoms. The van der Waals surface area contributed by atoms with Crippen molar-refractivity contribution in [1.29, 1.82) is 0 Å². The summed E-state index contributed by atoms with van der Waals surface area (Å²) in [7, 11) is 0. The summed E-state index contributed by atoms with van der Waals surface area (Å²) in [5.41, 5.74) is 3.44. The maximum Gasteiger partial charge on any atom is 0.336 e. The van der Waals surface area contributed by atoms with Gasteiger partial charge >= 0.3 is 5.97 Å². The fraction of sp³-hybridized carbons (Fsp3) is 0.250. The lowest BCUT2D eigenvalue weighted by molar-refractivity contribution is -0.132. The fourth-order valence-electron chi connectivity index (χ4n) is 4.70. The van der Waals surface area contributed by atoms with Crippen LogP contribution in [0.4, 0.5) is 11.5 Å². The molecule has 0 unspecified atom stereocenters. The first-order valence-electron chi connectivity index (χ1n) is 12.3. The molecule has 1 aliphatic carbocycles. The van der Waals surface area contributed by atoms with Crippen LogP contribution < -0.4 is 10.2 Å². The van der Waals surface area contributed by atoms with E-state index in [-0.39, 0.29) is 11.5 Å². The zero-order chi connectivity index (χ0) is 25.9. The number of aromatic nitrogens is 2. The number of nitrogens with zero attached hydrogens (tertiary/aromatic N) is 4. The average molecular weight is 518 g/mol. The van der Waals surface area contributed by atoms with Gasteiger partial charge in [0.05, 0.1) is 16.7 Å². The van der Waals surface area contributed by atoms with Crippen molar-refractivity contribution in [3.05, 3.63) is 88.9 Å². The van der Waals surface area contributed by atoms with Crippen molar-refractivity contribution in [3.63, 3.8) is 0 Å². The number of hydrogen-bond donors (Lipinski definition) is 2. The predicted octanol–water partition coefficient (Wildman–Crippen LogP) is 4.85. The fourth-order valence-corrected chi connectivity index (χ4v) is 4.92. The van der Waals surface area contributed by atoms with Crippen LogP contribution in [0.1, 0.15) is 23.7 Å². The molecule has 5 rings (SSSR count). The number of anilines is 2. The molecule has 1 saturated heterocycles. The number of piperazine rings is 1. The number of hydrogen-bond acceptors (Lipinski definition) is 5. The summed E-state index contributed by atoms with van der Waals surface area (Å²) >= 11 is 6.14. The van der Waals surface area contributed by atoms with Gasteiger partial charge in [0.15, 0.2) is 0 Å². The minimum Gasteiger partial charge on any atom is -0.478 e. The average Bonchev–Trinajstić information content (AvgIpc) is 3.22. The molecule has 0 radical (unpaired) electrons. The second kappa shape index (κ2) is 10.5. The summed E-state index contributed by atoms with van der Waals surface area (Å²) in [4.78, 5) is 33.1. The van der Waals surface area contributed by atoms with Gasteiger partial charge in [0.25, 0.3) is 5.91 Å². The second-order valence-electron chi connectivity index (χ2n) is 9.00. The molecular formula is C28H28ClN5O3. The van der Waals surface area contributed by atoms with Crippen LogP contribution in [0.15, 0.2) is 83.3 Å². The predicted molar refractivity (Wildman–Crippen MR) is 146 cm³/mol. The van der Waals surface area contributed by atoms with Crippen molar-refractivity contribution >= 4 is 45.9 Å². The minimum absolute atomic E-state index is 0.135. The Labute approximate surface area is 220 Å². The number of carboxylic acids is 1. The van der Waals surface area contributed by atoms with Crippen LogP contribution in [0.5, 0.6) is 0 Å². The summed E-state index contributed by atoms with van der Waals surface area (Å²) < 4.78 is 2.14. The number of aryl methyl sites for hydroxylation is 1. The maximum atomic E-state index is 12.8. The molecule has 1 fully saturated rings. The van der Waals surface area contributed by atoms with Gasteiger partial charge < -0.3 is 24.8 Å². The smallest absolute Gasteiger partial charge is 0.336 e. The molecule has 37 heavy (non-hydrogen) atoms. The molecule has 2 aromatic heterocycles. The Morgan fingerprint density at radius 3 is 2.54 bits per heavy atom. The molecule has 1 aromatic carbocycles. The van der Waals surface area contributed by atoms with Crippen LogP contribution in [0.25, 0.3) is 10.9 Å². The number of fused-ring (bicyclic) bond motifs is 1. The molecule has 0 spiro atoms. The Balaban J connectivity index is 1.19. The first-order chi connectivity index (χ1) is 17.9. The molecule has 2 N–H and O–H groups in total. The Morgan fingerprint density at radius 1 is 1.05 bits per heavy atom. The summed E-state index contributed by atoms with van der Waals surface area (Å²) in [6.07, 6.45) is 9.41. The molecule has 1 aliphatic heterocycles. The van der Waals surface area contributed by atoms with Gasteiger partial charge in [-0.25, -0.2) is 9.78 Å². The van der Waals surface area contributed by atoms with Gasteiger partial charge in [0.2, 0.25) is 0 Å². The summed E-state index contributed by atoms with van der Waals surface area (Å²) in [5.74, 6) is -0.392. The Hall–Kier alpha value is -4.04. The number of pyridine rings is 1. The van der Waals surface area contributed by atoms with Gasteiger partial charge in [-0.15, -0.1) is 0 Å². The van der Waals surface area contributed by atoms with Gasteiger partial charge in [-0.05, 0) is 54.8 Å². The molecule has 1 amide bonds. The van der Waals surface area contributed by atoms with Crippen molar-refractivity contribution in [2.45, 2.75) is 19.9 Å². The van der Waals surface area contributed by atoms with Gasteiger partial charge in [0, 0.05) is 68.0 Å². The van der Waals surface area contributed by atoms with Crippen LogP contribution in [-0.2, 0) is 11.3 Å². The maximum absolute atomic E-state index is 12.8. The Kier molecular flexibility index (Phi) is 7.01. The Bertz CT molecular complexity index is 1430. The van der Waals surface area contributed by atoms with Crippen molar-refractivity contribution in [3.8, 4) is 0 Å². The van der Waals surface area contributed by atoms with E-state index >= 15 is 0 Å². The molecule has 0 saturated carbocycles. The van der Waals surface area contributed by atoms with Crippen molar-refractivity contribution in [1.82, 2.24) is 14.5 Å². The standard InChI is InChI=1S/C28H28ClN5O3/c1-2-32-12-11-19-3-5-21(17-25(19)32)31-27(35)20-4-10-26(30-18-20)34-15-13-33(14-16-34)22-6-8-23(28(36)37)24(29)9-7-22/h3-8,10-12,17-18H,2,9,13-16H2,1H3,(H,31,35)(H,36,37). The van der Waals surface area contributed by atoms with E-state index in [1.165, 1.54) is 0 Å². The number of amides is 1. The van der Waals surface area contributed by atoms with Crippen molar-refractivity contribution < 1.29 is 14.7 Å². The third-order valence-electron chi connectivity index (χ3n) is 6.79. The van der Waals surface area contributed by atoms with E-state index < -0.39 is 5.97 Å². The van der Waals surface area contributed by atoms with Gasteiger partial charge in [-0.3, -0.25) is 4.79 Å². The molecule has 2 aliphatic rings. The van der Waals surface area contributed by atoms with Gasteiger partial charge in [-0.1, -0.05) is 23.7 Å². The highest BCUT2D eigenvalue weighted by atomic mass is 35.5. The minimum atomic E-state index is -1.02. The highest BCUT2D eigenvalue weighted by Gasteiger charge is 2.21. The lowest BCUT2D eigenvalue weighted by atomic mass is 10.2. The van der Waals surface area contributed by atoms with E-state index in [9.17, 15) is 14.7 Å². The topological polar surface area (TPSA) is 90.7 Å². The van der Waals surface area contributed by atoms with Crippen LogP contribution in [0.2, 0.25) is 0 Å². The van der Waals surface area contributed by atoms with Crippen molar-refractivity contribution in [2.75, 3.05) is 36.4 Å². The van der Waals surface area contributed by atoms with Crippen LogP contribution in [0, 0.1) is 0 Å². The highest BCUT2D eigenvalue weighted by Crippen LogP contribution is 2.25. The zero-order valence-electron chi connectivity index (χ0n) is 20.5. The number of aliphatic carboxylic acids is 1. The van der Waals surface area contributed by atoms with Gasteiger partial charge in [-0.2, -0.15) is 0 Å². The monoisotopic (exact) mass is 517 g/mol. The normalized spacial score (nSPS) is 16.1. The first-order valence-corrected chi connectivity index (χ1v) is 12.7. The molecule has 190 valence electrons. The number of halogens is 1. The lowest BCUT2D eigenvalue weighted by Crippen LogP contribution is -2.46. The van der Waals surface area contributed by atoms with E-state index in [1.807, 2.05) is 42.6 Å². The molecule has 3 heterocycles. The highest BCUT2D eigenvalue weighted by molar-refractivity contribution is 6.32. The SMILES string of the molecule is CCn1ccc2ccc(NC(=O)c3ccc(N4CCN(C5=CCC(Cl)=C(C(=O)O)C=C5)CC4)nc3)cc21. The number of carbonyl (C=O) groups is 2. The molecule has 3 aromatic rings. The van der Waals surface area contributed by atoms with E-state index in [1.54, 1.807) is 18.3 Å². The molecular weight excluding hydrogens is 490 g/mol. The number of allylic oxidation sites excluding steroid dienone is 3. The zero-order valence-corrected chi connectivity index (χ0v) is 21.3. The quantitative estimate of drug-likeness (QED) is 0.485. The molecule has 8 nitrogen and oxygen atoms in total. The number of carboxylic acid groups (broad SMARTS) is 1. The third-order valence-corrected chi connectivity index (χ3v) is 7.14. The molecule has 0 bridgehead atoms. The summed E-state index contributed by atoms with van der Waals surface area (Å²) in [6.45, 7) is 6.01. The molecule has 0 atom stereocenters. The van der Waals surface area contributed by atoms with E-state index in [4.69, 9.17) is 11.6 Å². The van der Waals surface area contributed by atoms with Crippen LogP contribution >= 0.6 is 11.6 Å². The lowest BCUT2D eigenvalue weighted by Gasteiger charge is -2.37. The van der Waals surface area contributed by atoms with E-state index in [2.05, 4.69) is 37.7 Å². The van der Waals surface area contributed by atoms with E-state index in [0.717, 1.165) is 60.8 Å². The number of benzene rings is 1. The van der Waals surface area contributed by atoms with Crippen LogP contribution in [-0.4, -0.2) is 57.6 Å². The Morgan fingerprint density at radius 2 is 1.84 bits per heavy atom. The first kappa shape index (κ1) is 24.6. The largest absolute Gasteiger partial charge is 0.478 e. The number of carbonyl (C=O) groups excluding carboxylic acids is 1. The number of nitrogens with one attached hydrogen (secondary N) is 1. The summed E-state index contributed by atoms with van der Waals surface area (Å²) in [6, 6.07) is 11.7.